The van der Waals surface area contributed by atoms with Gasteiger partial charge in [0.1, 0.15) is 0 Å². The van der Waals surface area contributed by atoms with E-state index in [0.717, 1.165) is 11.3 Å². The maximum absolute atomic E-state index is 12.3. The van der Waals surface area contributed by atoms with Crippen LogP contribution in [0.5, 0.6) is 0 Å². The molecule has 88 valence electrons. The summed E-state index contributed by atoms with van der Waals surface area (Å²) in [6, 6.07) is 8.60. The fourth-order valence-corrected chi connectivity index (χ4v) is 2.20. The van der Waals surface area contributed by atoms with Gasteiger partial charge in [0.2, 0.25) is 5.78 Å². The summed E-state index contributed by atoms with van der Waals surface area (Å²) >= 11 is 0. The van der Waals surface area contributed by atoms with Gasteiger partial charge in [-0.05, 0) is 18.6 Å². The number of allylic oxidation sites excluding steroid dienone is 1. The van der Waals surface area contributed by atoms with Crippen molar-refractivity contribution < 1.29 is 9.59 Å². The highest BCUT2D eigenvalue weighted by Gasteiger charge is 2.31. The van der Waals surface area contributed by atoms with Crippen molar-refractivity contribution in [3.05, 3.63) is 65.0 Å². The van der Waals surface area contributed by atoms with E-state index in [1.807, 2.05) is 6.92 Å². The molecule has 18 heavy (non-hydrogen) atoms. The van der Waals surface area contributed by atoms with Crippen LogP contribution in [-0.4, -0.2) is 16.6 Å². The van der Waals surface area contributed by atoms with E-state index >= 15 is 0 Å². The van der Waals surface area contributed by atoms with E-state index in [9.17, 15) is 9.59 Å². The maximum Gasteiger partial charge on any atom is 0.210 e. The molecule has 1 heterocycles. The predicted molar refractivity (Wildman–Crippen MR) is 68.8 cm³/mol. The second-order valence-electron chi connectivity index (χ2n) is 4.46. The van der Waals surface area contributed by atoms with Gasteiger partial charge in [-0.3, -0.25) is 9.59 Å². The average Bonchev–Trinajstić information content (AvgIpc) is 2.81. The van der Waals surface area contributed by atoms with E-state index in [1.165, 1.54) is 0 Å². The molecule has 0 atom stereocenters. The molecule has 0 saturated heterocycles. The minimum absolute atomic E-state index is 0.107. The number of carbonyl (C=O) groups is 2. The van der Waals surface area contributed by atoms with Crippen LogP contribution in [0.25, 0.3) is 5.57 Å². The van der Waals surface area contributed by atoms with Crippen molar-refractivity contribution in [1.82, 2.24) is 4.98 Å². The van der Waals surface area contributed by atoms with Gasteiger partial charge in [0.25, 0.3) is 0 Å². The SMILES string of the molecule is C=C(C)c1cc2c([nH]1)C(=O)c1ccccc1C2=O. The predicted octanol–water partition coefficient (Wildman–Crippen LogP) is 2.82. The molecule has 0 fully saturated rings. The Labute approximate surface area is 104 Å². The Morgan fingerprint density at radius 2 is 1.67 bits per heavy atom. The molecule has 1 aromatic carbocycles. The smallest absolute Gasteiger partial charge is 0.210 e. The third kappa shape index (κ3) is 1.31. The average molecular weight is 237 g/mol. The van der Waals surface area contributed by atoms with Gasteiger partial charge < -0.3 is 4.98 Å². The quantitative estimate of drug-likeness (QED) is 0.707. The highest BCUT2D eigenvalue weighted by atomic mass is 16.1. The number of carbonyl (C=O) groups excluding carboxylic acids is 2. The molecule has 1 N–H and O–H groups in total. The molecule has 0 aliphatic heterocycles. The number of aromatic nitrogens is 1. The van der Waals surface area contributed by atoms with Crippen molar-refractivity contribution in [2.75, 3.05) is 0 Å². The lowest BCUT2D eigenvalue weighted by Gasteiger charge is -2.13. The van der Waals surface area contributed by atoms with Gasteiger partial charge in [0, 0.05) is 16.8 Å². The molecule has 0 spiro atoms. The fourth-order valence-electron chi connectivity index (χ4n) is 2.20. The summed E-state index contributed by atoms with van der Waals surface area (Å²) < 4.78 is 0. The monoisotopic (exact) mass is 237 g/mol. The summed E-state index contributed by atoms with van der Waals surface area (Å²) in [5.41, 5.74) is 3.28. The molecule has 3 nitrogen and oxygen atoms in total. The Morgan fingerprint density at radius 1 is 1.06 bits per heavy atom. The number of hydrogen-bond donors (Lipinski definition) is 1. The van der Waals surface area contributed by atoms with Crippen LogP contribution in [0.3, 0.4) is 0 Å². The normalized spacial score (nSPS) is 13.2. The van der Waals surface area contributed by atoms with Gasteiger partial charge in [0.15, 0.2) is 5.78 Å². The lowest BCUT2D eigenvalue weighted by Crippen LogP contribution is -2.19. The van der Waals surface area contributed by atoms with Crippen molar-refractivity contribution >= 4 is 17.1 Å². The number of H-pyrrole nitrogens is 1. The zero-order valence-corrected chi connectivity index (χ0v) is 9.91. The highest BCUT2D eigenvalue weighted by Crippen LogP contribution is 2.28. The second kappa shape index (κ2) is 3.53. The van der Waals surface area contributed by atoms with Crippen molar-refractivity contribution in [1.29, 1.82) is 0 Å². The molecule has 0 amide bonds. The Kier molecular flexibility index (Phi) is 2.10. The summed E-state index contributed by atoms with van der Waals surface area (Å²) in [6.45, 7) is 5.65. The topological polar surface area (TPSA) is 49.9 Å². The summed E-state index contributed by atoms with van der Waals surface area (Å²) in [7, 11) is 0. The van der Waals surface area contributed by atoms with Gasteiger partial charge in [-0.25, -0.2) is 0 Å². The Bertz CT molecular complexity index is 655. The number of ketones is 2. The molecular weight excluding hydrogens is 226 g/mol. The first kappa shape index (κ1) is 10.7. The van der Waals surface area contributed by atoms with Gasteiger partial charge in [-0.2, -0.15) is 0 Å². The van der Waals surface area contributed by atoms with E-state index in [4.69, 9.17) is 0 Å². The second-order valence-corrected chi connectivity index (χ2v) is 4.46. The van der Waals surface area contributed by atoms with Crippen molar-refractivity contribution in [2.24, 2.45) is 0 Å². The Balaban J connectivity index is 2.27. The fraction of sp³-hybridized carbons (Fsp3) is 0.0667. The number of rotatable bonds is 1. The zero-order chi connectivity index (χ0) is 12.9. The van der Waals surface area contributed by atoms with Crippen LogP contribution in [0.15, 0.2) is 36.9 Å². The van der Waals surface area contributed by atoms with Gasteiger partial charge in [0.05, 0.1) is 11.3 Å². The first-order chi connectivity index (χ1) is 8.59. The molecule has 3 heteroatoms. The lowest BCUT2D eigenvalue weighted by atomic mass is 9.88. The molecule has 1 aromatic heterocycles. The standard InChI is InChI=1S/C15H11NO2/c1-8(2)12-7-11-13(16-12)15(18)10-6-4-3-5-9(10)14(11)17/h3-7,16H,1H2,2H3. The summed E-state index contributed by atoms with van der Waals surface area (Å²) in [5, 5.41) is 0. The Morgan fingerprint density at radius 3 is 2.28 bits per heavy atom. The van der Waals surface area contributed by atoms with Crippen molar-refractivity contribution in [2.45, 2.75) is 6.92 Å². The summed E-state index contributed by atoms with van der Waals surface area (Å²) in [4.78, 5) is 27.5. The minimum atomic E-state index is -0.132. The van der Waals surface area contributed by atoms with Crippen LogP contribution in [0.1, 0.15) is 44.6 Å². The van der Waals surface area contributed by atoms with Crippen LogP contribution in [0, 0.1) is 0 Å². The van der Waals surface area contributed by atoms with Crippen LogP contribution in [0.4, 0.5) is 0 Å². The lowest BCUT2D eigenvalue weighted by molar-refractivity contribution is 0.0977. The molecule has 0 bridgehead atoms. The van der Waals surface area contributed by atoms with E-state index in [1.54, 1.807) is 30.3 Å². The number of fused-ring (bicyclic) bond motifs is 2. The van der Waals surface area contributed by atoms with Crippen molar-refractivity contribution in [3.63, 3.8) is 0 Å². The van der Waals surface area contributed by atoms with Crippen molar-refractivity contribution in [3.8, 4) is 0 Å². The molecule has 1 aliphatic rings. The largest absolute Gasteiger partial charge is 0.351 e. The van der Waals surface area contributed by atoms with Crippen LogP contribution in [0.2, 0.25) is 0 Å². The minimum Gasteiger partial charge on any atom is -0.351 e. The summed E-state index contributed by atoms with van der Waals surface area (Å²) in [6.07, 6.45) is 0. The Hall–Kier alpha value is -2.42. The third-order valence-electron chi connectivity index (χ3n) is 3.17. The molecular formula is C15H11NO2. The van der Waals surface area contributed by atoms with E-state index in [-0.39, 0.29) is 11.6 Å². The molecule has 0 saturated carbocycles. The number of nitrogens with one attached hydrogen (secondary N) is 1. The molecule has 1 aliphatic carbocycles. The molecule has 0 radical (unpaired) electrons. The summed E-state index contributed by atoms with van der Waals surface area (Å²) in [5.74, 6) is -0.239. The maximum atomic E-state index is 12.3. The van der Waals surface area contributed by atoms with E-state index in [0.29, 0.717) is 22.4 Å². The molecule has 0 unspecified atom stereocenters. The molecule has 2 aromatic rings. The van der Waals surface area contributed by atoms with Gasteiger partial charge in [-0.1, -0.05) is 30.8 Å². The van der Waals surface area contributed by atoms with E-state index in [2.05, 4.69) is 11.6 Å². The highest BCUT2D eigenvalue weighted by molar-refractivity contribution is 6.28. The third-order valence-corrected chi connectivity index (χ3v) is 3.17. The number of aromatic amines is 1. The first-order valence-corrected chi connectivity index (χ1v) is 5.67. The number of benzene rings is 1. The number of hydrogen-bond acceptors (Lipinski definition) is 2. The van der Waals surface area contributed by atoms with Crippen LogP contribution < -0.4 is 0 Å². The van der Waals surface area contributed by atoms with Gasteiger partial charge in [-0.15, -0.1) is 0 Å². The molecule has 3 rings (SSSR count). The van der Waals surface area contributed by atoms with Gasteiger partial charge >= 0.3 is 0 Å². The zero-order valence-electron chi connectivity index (χ0n) is 9.91. The van der Waals surface area contributed by atoms with Crippen LogP contribution in [-0.2, 0) is 0 Å². The van der Waals surface area contributed by atoms with E-state index < -0.39 is 0 Å². The van der Waals surface area contributed by atoms with Crippen LogP contribution >= 0.6 is 0 Å². The first-order valence-electron chi connectivity index (χ1n) is 5.67.